The average Bonchev–Trinajstić information content (AvgIpc) is 2.90. The lowest BCUT2D eigenvalue weighted by Gasteiger charge is -2.20. The van der Waals surface area contributed by atoms with E-state index < -0.39 is 0 Å². The minimum Gasteiger partial charge on any atom is -0.312 e. The minimum atomic E-state index is -0.173. The highest BCUT2D eigenvalue weighted by atomic mass is 79.9. The summed E-state index contributed by atoms with van der Waals surface area (Å²) >= 11 is 4.94. The number of anilines is 1. The number of nitriles is 1. The number of fused-ring (bicyclic) bond motifs is 1. The van der Waals surface area contributed by atoms with Crippen LogP contribution < -0.4 is 5.32 Å². The van der Waals surface area contributed by atoms with Crippen molar-refractivity contribution in [2.45, 2.75) is 32.6 Å². The molecule has 0 unspecified atom stereocenters. The van der Waals surface area contributed by atoms with Gasteiger partial charge in [0.15, 0.2) is 0 Å². The SMILES string of the molecule is CC[C@H]1CCc2c(sc(NC(=O)c3cccc(Br)c3)c2C#N)C1. The number of amides is 1. The molecule has 1 heterocycles. The summed E-state index contributed by atoms with van der Waals surface area (Å²) in [5.74, 6) is 0.523. The number of hydrogen-bond donors (Lipinski definition) is 1. The van der Waals surface area contributed by atoms with Gasteiger partial charge in [-0.25, -0.2) is 0 Å². The van der Waals surface area contributed by atoms with Gasteiger partial charge in [-0.2, -0.15) is 5.26 Å². The Balaban J connectivity index is 1.88. The number of carbonyl (C=O) groups excluding carboxylic acids is 1. The van der Waals surface area contributed by atoms with E-state index >= 15 is 0 Å². The van der Waals surface area contributed by atoms with Crippen LogP contribution in [0.2, 0.25) is 0 Å². The number of rotatable bonds is 3. The fourth-order valence-corrected chi connectivity index (χ4v) is 4.72. The van der Waals surface area contributed by atoms with E-state index in [1.165, 1.54) is 11.3 Å². The molecule has 0 saturated carbocycles. The maximum absolute atomic E-state index is 12.4. The number of benzene rings is 1. The van der Waals surface area contributed by atoms with Gasteiger partial charge < -0.3 is 5.32 Å². The Labute approximate surface area is 148 Å². The fraction of sp³-hybridized carbons (Fsp3) is 0.333. The van der Waals surface area contributed by atoms with Crippen molar-refractivity contribution in [2.24, 2.45) is 5.92 Å². The van der Waals surface area contributed by atoms with E-state index in [0.717, 1.165) is 29.3 Å². The topological polar surface area (TPSA) is 52.9 Å². The van der Waals surface area contributed by atoms with Crippen LogP contribution in [0, 0.1) is 17.2 Å². The lowest BCUT2D eigenvalue weighted by Crippen LogP contribution is -2.12. The maximum Gasteiger partial charge on any atom is 0.256 e. The predicted molar refractivity (Wildman–Crippen MR) is 96.9 cm³/mol. The van der Waals surface area contributed by atoms with Gasteiger partial charge in [0.25, 0.3) is 5.91 Å². The highest BCUT2D eigenvalue weighted by Gasteiger charge is 2.25. The minimum absolute atomic E-state index is 0.173. The first-order chi connectivity index (χ1) is 11.1. The summed E-state index contributed by atoms with van der Waals surface area (Å²) in [6, 6.07) is 9.55. The molecule has 1 aliphatic carbocycles. The largest absolute Gasteiger partial charge is 0.312 e. The summed E-state index contributed by atoms with van der Waals surface area (Å²) < 4.78 is 0.863. The first-order valence-electron chi connectivity index (χ1n) is 7.74. The van der Waals surface area contributed by atoms with E-state index in [9.17, 15) is 10.1 Å². The van der Waals surface area contributed by atoms with Gasteiger partial charge >= 0.3 is 0 Å². The zero-order valence-corrected chi connectivity index (χ0v) is 15.3. The molecule has 1 amide bonds. The van der Waals surface area contributed by atoms with Crippen molar-refractivity contribution in [1.29, 1.82) is 5.26 Å². The van der Waals surface area contributed by atoms with Crippen LogP contribution in [0.25, 0.3) is 0 Å². The second kappa shape index (κ2) is 6.86. The van der Waals surface area contributed by atoms with E-state index in [0.29, 0.717) is 22.0 Å². The first kappa shape index (κ1) is 16.2. The number of hydrogen-bond acceptors (Lipinski definition) is 3. The number of nitrogens with one attached hydrogen (secondary N) is 1. The molecule has 2 aromatic rings. The molecule has 1 atom stereocenters. The summed E-state index contributed by atoms with van der Waals surface area (Å²) in [7, 11) is 0. The normalized spacial score (nSPS) is 16.5. The van der Waals surface area contributed by atoms with Crippen molar-refractivity contribution in [3.8, 4) is 6.07 Å². The molecule has 3 nitrogen and oxygen atoms in total. The number of carbonyl (C=O) groups is 1. The number of thiophene rings is 1. The Morgan fingerprint density at radius 1 is 1.52 bits per heavy atom. The van der Waals surface area contributed by atoms with Crippen LogP contribution in [-0.4, -0.2) is 5.91 Å². The van der Waals surface area contributed by atoms with Gasteiger partial charge in [-0.3, -0.25) is 4.79 Å². The zero-order chi connectivity index (χ0) is 16.4. The molecule has 0 bridgehead atoms. The maximum atomic E-state index is 12.4. The molecule has 0 fully saturated rings. The van der Waals surface area contributed by atoms with Crippen molar-refractivity contribution >= 4 is 38.2 Å². The lowest BCUT2D eigenvalue weighted by molar-refractivity contribution is 0.102. The molecule has 0 spiro atoms. The second-order valence-electron chi connectivity index (χ2n) is 5.80. The molecule has 23 heavy (non-hydrogen) atoms. The van der Waals surface area contributed by atoms with Gasteiger partial charge in [-0.05, 0) is 48.9 Å². The third-order valence-corrected chi connectivity index (χ3v) is 6.03. The second-order valence-corrected chi connectivity index (χ2v) is 7.82. The summed E-state index contributed by atoms with van der Waals surface area (Å²) in [5.41, 5.74) is 2.38. The Hall–Kier alpha value is -1.64. The van der Waals surface area contributed by atoms with Gasteiger partial charge in [0.05, 0.1) is 5.56 Å². The predicted octanol–water partition coefficient (Wildman–Crippen LogP) is 5.15. The van der Waals surface area contributed by atoms with E-state index in [-0.39, 0.29) is 5.91 Å². The van der Waals surface area contributed by atoms with Gasteiger partial charge in [0.1, 0.15) is 11.1 Å². The zero-order valence-electron chi connectivity index (χ0n) is 12.9. The van der Waals surface area contributed by atoms with Crippen LogP contribution in [0.3, 0.4) is 0 Å². The quantitative estimate of drug-likeness (QED) is 0.789. The van der Waals surface area contributed by atoms with Crippen LogP contribution in [0.1, 0.15) is 46.1 Å². The lowest BCUT2D eigenvalue weighted by atomic mass is 9.86. The average molecular weight is 389 g/mol. The number of halogens is 1. The Morgan fingerprint density at radius 2 is 2.35 bits per heavy atom. The van der Waals surface area contributed by atoms with E-state index in [1.54, 1.807) is 23.5 Å². The van der Waals surface area contributed by atoms with Crippen molar-refractivity contribution in [3.63, 3.8) is 0 Å². The third-order valence-electron chi connectivity index (χ3n) is 4.37. The smallest absolute Gasteiger partial charge is 0.256 e. The molecule has 0 saturated heterocycles. The molecule has 1 aromatic carbocycles. The standard InChI is InChI=1S/C18H17BrN2OS/c1-2-11-6-7-14-15(10-20)18(23-16(14)8-11)21-17(22)12-4-3-5-13(19)9-12/h3-5,9,11H,2,6-8H2,1H3,(H,21,22)/t11-/m0/s1. The molecule has 1 N–H and O–H groups in total. The van der Waals surface area contributed by atoms with Crippen LogP contribution >= 0.6 is 27.3 Å². The van der Waals surface area contributed by atoms with Gasteiger partial charge in [0, 0.05) is 14.9 Å². The molecule has 3 rings (SSSR count). The Bertz CT molecular complexity index is 791. The molecular formula is C18H17BrN2OS. The van der Waals surface area contributed by atoms with Gasteiger partial charge in [-0.1, -0.05) is 35.3 Å². The summed E-state index contributed by atoms with van der Waals surface area (Å²) in [6.07, 6.45) is 4.27. The van der Waals surface area contributed by atoms with Crippen LogP contribution in [0.4, 0.5) is 5.00 Å². The van der Waals surface area contributed by atoms with Crippen molar-refractivity contribution < 1.29 is 4.79 Å². The highest BCUT2D eigenvalue weighted by molar-refractivity contribution is 9.10. The molecule has 0 radical (unpaired) electrons. The Kier molecular flexibility index (Phi) is 4.84. The fourth-order valence-electron chi connectivity index (χ4n) is 3.01. The highest BCUT2D eigenvalue weighted by Crippen LogP contribution is 2.40. The molecule has 5 heteroatoms. The van der Waals surface area contributed by atoms with Crippen LogP contribution in [-0.2, 0) is 12.8 Å². The summed E-state index contributed by atoms with van der Waals surface area (Å²) in [5, 5.41) is 13.1. The van der Waals surface area contributed by atoms with Gasteiger partial charge in [0.2, 0.25) is 0 Å². The van der Waals surface area contributed by atoms with Crippen molar-refractivity contribution in [1.82, 2.24) is 0 Å². The van der Waals surface area contributed by atoms with Crippen molar-refractivity contribution in [3.05, 3.63) is 50.3 Å². The van der Waals surface area contributed by atoms with Crippen molar-refractivity contribution in [2.75, 3.05) is 5.32 Å². The Morgan fingerprint density at radius 3 is 3.04 bits per heavy atom. The number of nitrogens with zero attached hydrogens (tertiary/aromatic N) is 1. The first-order valence-corrected chi connectivity index (χ1v) is 9.34. The molecule has 118 valence electrons. The summed E-state index contributed by atoms with van der Waals surface area (Å²) in [6.45, 7) is 2.21. The van der Waals surface area contributed by atoms with Gasteiger partial charge in [-0.15, -0.1) is 11.3 Å². The molecule has 1 aromatic heterocycles. The van der Waals surface area contributed by atoms with E-state index in [2.05, 4.69) is 34.2 Å². The van der Waals surface area contributed by atoms with E-state index in [4.69, 9.17) is 0 Å². The van der Waals surface area contributed by atoms with E-state index in [1.807, 2.05) is 12.1 Å². The molecular weight excluding hydrogens is 372 g/mol. The third kappa shape index (κ3) is 3.34. The van der Waals surface area contributed by atoms with Crippen LogP contribution in [0.5, 0.6) is 0 Å². The van der Waals surface area contributed by atoms with Crippen LogP contribution in [0.15, 0.2) is 28.7 Å². The molecule has 0 aliphatic heterocycles. The molecule has 1 aliphatic rings. The monoisotopic (exact) mass is 388 g/mol. The summed E-state index contributed by atoms with van der Waals surface area (Å²) in [4.78, 5) is 13.7.